The van der Waals surface area contributed by atoms with Crippen LogP contribution in [-0.2, 0) is 14.3 Å². The third kappa shape index (κ3) is 4.87. The summed E-state index contributed by atoms with van der Waals surface area (Å²) in [6, 6.07) is 0.413. The third-order valence-corrected chi connectivity index (χ3v) is 6.16. The number of rotatable bonds is 8. The Hall–Kier alpha value is -0.610. The summed E-state index contributed by atoms with van der Waals surface area (Å²) in [6.07, 6.45) is 6.23. The van der Waals surface area contributed by atoms with Crippen LogP contribution in [0.4, 0.5) is 0 Å². The van der Waals surface area contributed by atoms with Gasteiger partial charge in [0.25, 0.3) is 0 Å². The summed E-state index contributed by atoms with van der Waals surface area (Å²) in [5.74, 6) is 1.34. The van der Waals surface area contributed by atoms with Crippen LogP contribution < -0.4 is 10.6 Å². The minimum atomic E-state index is 0. The number of hydrogen-bond acceptors (Lipinski definition) is 4. The molecule has 8 heteroatoms. The SMILES string of the molecule is CCOCCCNC(=NCC(=O)N(C)C)NC1C2CCOC2C12CCC2.I. The zero-order valence-electron chi connectivity index (χ0n) is 16.8. The summed E-state index contributed by atoms with van der Waals surface area (Å²) in [5, 5.41) is 7.04. The lowest BCUT2D eigenvalue weighted by atomic mass is 9.46. The molecule has 1 spiro atoms. The van der Waals surface area contributed by atoms with Crippen molar-refractivity contribution in [1.82, 2.24) is 15.5 Å². The predicted octanol–water partition coefficient (Wildman–Crippen LogP) is 1.61. The Morgan fingerprint density at radius 3 is 2.78 bits per heavy atom. The molecule has 1 aliphatic heterocycles. The highest BCUT2D eigenvalue weighted by molar-refractivity contribution is 14.0. The van der Waals surface area contributed by atoms with Gasteiger partial charge < -0.3 is 25.0 Å². The summed E-state index contributed by atoms with van der Waals surface area (Å²) >= 11 is 0. The first kappa shape index (κ1) is 22.7. The van der Waals surface area contributed by atoms with Crippen LogP contribution in [0.5, 0.6) is 0 Å². The molecule has 156 valence electrons. The molecule has 0 aromatic rings. The number of guanidine groups is 1. The van der Waals surface area contributed by atoms with Gasteiger partial charge in [-0.2, -0.15) is 0 Å². The molecule has 1 amide bonds. The van der Waals surface area contributed by atoms with Gasteiger partial charge in [-0.15, -0.1) is 24.0 Å². The molecule has 3 atom stereocenters. The third-order valence-electron chi connectivity index (χ3n) is 6.16. The van der Waals surface area contributed by atoms with Gasteiger partial charge in [-0.1, -0.05) is 6.42 Å². The molecule has 0 bridgehead atoms. The smallest absolute Gasteiger partial charge is 0.243 e. The number of ether oxygens (including phenoxy) is 2. The van der Waals surface area contributed by atoms with E-state index in [4.69, 9.17) is 9.47 Å². The second-order valence-electron chi connectivity index (χ2n) is 7.88. The fraction of sp³-hybridized carbons (Fsp3) is 0.895. The summed E-state index contributed by atoms with van der Waals surface area (Å²) < 4.78 is 11.4. The highest BCUT2D eigenvalue weighted by atomic mass is 127. The van der Waals surface area contributed by atoms with Gasteiger partial charge in [0.1, 0.15) is 6.54 Å². The molecule has 7 nitrogen and oxygen atoms in total. The van der Waals surface area contributed by atoms with Gasteiger partial charge in [-0.3, -0.25) is 4.79 Å². The molecule has 0 aromatic heterocycles. The van der Waals surface area contributed by atoms with Gasteiger partial charge in [0.2, 0.25) is 5.91 Å². The topological polar surface area (TPSA) is 75.2 Å². The minimum absolute atomic E-state index is 0. The molecule has 2 aliphatic carbocycles. The molecular weight excluding hydrogens is 459 g/mol. The number of aliphatic imine (C=N–C) groups is 1. The number of likely N-dealkylation sites (N-methyl/N-ethyl adjacent to an activating group) is 1. The van der Waals surface area contributed by atoms with E-state index >= 15 is 0 Å². The minimum Gasteiger partial charge on any atom is -0.382 e. The Kier molecular flexibility index (Phi) is 8.61. The summed E-state index contributed by atoms with van der Waals surface area (Å²) in [5.41, 5.74) is 0.292. The van der Waals surface area contributed by atoms with Gasteiger partial charge >= 0.3 is 0 Å². The molecule has 0 radical (unpaired) electrons. The Morgan fingerprint density at radius 1 is 1.37 bits per heavy atom. The quantitative estimate of drug-likeness (QED) is 0.232. The van der Waals surface area contributed by atoms with Crippen LogP contribution in [-0.4, -0.2) is 75.9 Å². The van der Waals surface area contributed by atoms with E-state index in [2.05, 4.69) is 15.6 Å². The fourth-order valence-electron chi connectivity index (χ4n) is 4.57. The van der Waals surface area contributed by atoms with Crippen molar-refractivity contribution < 1.29 is 14.3 Å². The average Bonchev–Trinajstić information content (AvgIpc) is 2.99. The van der Waals surface area contributed by atoms with E-state index in [1.165, 1.54) is 19.3 Å². The zero-order chi connectivity index (χ0) is 18.6. The monoisotopic (exact) mass is 494 g/mol. The molecule has 2 N–H and O–H groups in total. The van der Waals surface area contributed by atoms with Crippen LogP contribution >= 0.6 is 24.0 Å². The van der Waals surface area contributed by atoms with E-state index in [9.17, 15) is 4.79 Å². The van der Waals surface area contributed by atoms with Crippen LogP contribution in [0.3, 0.4) is 0 Å². The van der Waals surface area contributed by atoms with Gasteiger partial charge in [0, 0.05) is 57.8 Å². The van der Waals surface area contributed by atoms with Crippen LogP contribution in [0, 0.1) is 11.3 Å². The van der Waals surface area contributed by atoms with E-state index < -0.39 is 0 Å². The van der Waals surface area contributed by atoms with E-state index in [0.717, 1.165) is 45.2 Å². The maximum absolute atomic E-state index is 11.9. The lowest BCUT2D eigenvalue weighted by molar-refractivity contribution is -0.171. The second-order valence-corrected chi connectivity index (χ2v) is 7.88. The first-order valence-corrected chi connectivity index (χ1v) is 10.0. The summed E-state index contributed by atoms with van der Waals surface area (Å²) in [6.45, 7) is 5.31. The normalized spacial score (nSPS) is 27.8. The first-order chi connectivity index (χ1) is 12.6. The van der Waals surface area contributed by atoms with Crippen molar-refractivity contribution in [1.29, 1.82) is 0 Å². The number of carbonyl (C=O) groups excluding carboxylic acids is 1. The Balaban J connectivity index is 0.00000261. The van der Waals surface area contributed by atoms with Gasteiger partial charge in [-0.05, 0) is 32.6 Å². The molecule has 3 rings (SSSR count). The molecule has 1 saturated heterocycles. The van der Waals surface area contributed by atoms with E-state index in [-0.39, 0.29) is 36.4 Å². The Morgan fingerprint density at radius 2 is 2.15 bits per heavy atom. The number of nitrogens with one attached hydrogen (secondary N) is 2. The maximum atomic E-state index is 11.9. The molecule has 0 aromatic carbocycles. The number of hydrogen-bond donors (Lipinski definition) is 2. The number of halogens is 1. The number of nitrogens with zero attached hydrogens (tertiary/aromatic N) is 2. The molecule has 1 heterocycles. The molecule has 3 aliphatic rings. The standard InChI is InChI=1S/C19H34N4O3.HI/c1-4-25-11-6-10-20-18(21-13-15(24)23(2)3)22-16-14-7-12-26-17(14)19(16)8-5-9-19;/h14,16-17H,4-13H2,1-3H3,(H2,20,21,22);1H. The van der Waals surface area contributed by atoms with Crippen LogP contribution in [0.15, 0.2) is 4.99 Å². The van der Waals surface area contributed by atoms with Gasteiger partial charge in [-0.25, -0.2) is 4.99 Å². The number of amides is 1. The Bertz CT molecular complexity index is 525. The second kappa shape index (κ2) is 10.2. The zero-order valence-corrected chi connectivity index (χ0v) is 19.2. The van der Waals surface area contributed by atoms with Crippen molar-refractivity contribution in [3.05, 3.63) is 0 Å². The Labute approximate surface area is 180 Å². The maximum Gasteiger partial charge on any atom is 0.243 e. The number of carbonyl (C=O) groups is 1. The highest BCUT2D eigenvalue weighted by Crippen LogP contribution is 2.62. The van der Waals surface area contributed by atoms with Crippen molar-refractivity contribution in [2.75, 3.05) is 47.0 Å². The largest absolute Gasteiger partial charge is 0.382 e. The molecule has 3 unspecified atom stereocenters. The van der Waals surface area contributed by atoms with Crippen LogP contribution in [0.1, 0.15) is 39.0 Å². The lowest BCUT2D eigenvalue weighted by Gasteiger charge is -2.63. The van der Waals surface area contributed by atoms with Crippen molar-refractivity contribution in [2.24, 2.45) is 16.3 Å². The van der Waals surface area contributed by atoms with Crippen LogP contribution in [0.2, 0.25) is 0 Å². The van der Waals surface area contributed by atoms with Gasteiger partial charge in [0.15, 0.2) is 5.96 Å². The highest BCUT2D eigenvalue weighted by Gasteiger charge is 2.66. The number of fused-ring (bicyclic) bond motifs is 2. The van der Waals surface area contributed by atoms with E-state index in [1.807, 2.05) is 6.92 Å². The molecule has 3 fully saturated rings. The van der Waals surface area contributed by atoms with E-state index in [0.29, 0.717) is 23.5 Å². The fourth-order valence-corrected chi connectivity index (χ4v) is 4.57. The van der Waals surface area contributed by atoms with Gasteiger partial charge in [0.05, 0.1) is 6.10 Å². The van der Waals surface area contributed by atoms with Crippen molar-refractivity contribution in [3.63, 3.8) is 0 Å². The van der Waals surface area contributed by atoms with Crippen molar-refractivity contribution in [2.45, 2.75) is 51.2 Å². The molecular formula is C19H35IN4O3. The first-order valence-electron chi connectivity index (χ1n) is 10.0. The van der Waals surface area contributed by atoms with Crippen molar-refractivity contribution in [3.8, 4) is 0 Å². The summed E-state index contributed by atoms with van der Waals surface area (Å²) in [7, 11) is 3.52. The average molecular weight is 494 g/mol. The molecule has 2 saturated carbocycles. The predicted molar refractivity (Wildman–Crippen MR) is 117 cm³/mol. The summed E-state index contributed by atoms with van der Waals surface area (Å²) in [4.78, 5) is 18.1. The van der Waals surface area contributed by atoms with Crippen molar-refractivity contribution >= 4 is 35.8 Å². The lowest BCUT2D eigenvalue weighted by Crippen LogP contribution is -2.72. The van der Waals surface area contributed by atoms with Crippen LogP contribution in [0.25, 0.3) is 0 Å². The molecule has 27 heavy (non-hydrogen) atoms. The van der Waals surface area contributed by atoms with E-state index in [1.54, 1.807) is 19.0 Å².